The molecule has 2 heterocycles. The Kier molecular flexibility index (Phi) is 4.46. The van der Waals surface area contributed by atoms with Gasteiger partial charge in [0, 0.05) is 28.9 Å². The molecule has 0 unspecified atom stereocenters. The Hall–Kier alpha value is -0.730. The van der Waals surface area contributed by atoms with E-state index in [0.29, 0.717) is 18.0 Å². The van der Waals surface area contributed by atoms with Crippen molar-refractivity contribution in [3.63, 3.8) is 0 Å². The minimum atomic E-state index is -3.41. The zero-order valence-electron chi connectivity index (χ0n) is 11.8. The van der Waals surface area contributed by atoms with Gasteiger partial charge in [0.05, 0.1) is 4.90 Å². The third-order valence-electron chi connectivity index (χ3n) is 3.47. The van der Waals surface area contributed by atoms with Crippen molar-refractivity contribution in [2.45, 2.75) is 36.9 Å². The molecule has 7 heteroatoms. The first kappa shape index (κ1) is 15.2. The average Bonchev–Trinajstić information content (AvgIpc) is 2.96. The molecule has 1 fully saturated rings. The fourth-order valence-electron chi connectivity index (χ4n) is 2.30. The highest BCUT2D eigenvalue weighted by atomic mass is 32.2. The molecule has 0 saturated heterocycles. The molecule has 0 aromatic carbocycles. The zero-order valence-corrected chi connectivity index (χ0v) is 14.2. The maximum Gasteiger partial charge on any atom is 0.244 e. The van der Waals surface area contributed by atoms with Gasteiger partial charge in [0.1, 0.15) is 0 Å². The normalized spacial score (nSPS) is 15.7. The monoisotopic (exact) mass is 342 g/mol. The second kappa shape index (κ2) is 6.18. The summed E-state index contributed by atoms with van der Waals surface area (Å²) in [5.41, 5.74) is 0. The smallest absolute Gasteiger partial charge is 0.244 e. The molecule has 0 amide bonds. The molecule has 1 aliphatic carbocycles. The van der Waals surface area contributed by atoms with Crippen LogP contribution in [0.2, 0.25) is 0 Å². The predicted molar refractivity (Wildman–Crippen MR) is 87.2 cm³/mol. The van der Waals surface area contributed by atoms with E-state index in [1.807, 2.05) is 29.9 Å². The van der Waals surface area contributed by atoms with Crippen molar-refractivity contribution in [3.05, 3.63) is 38.7 Å². The predicted octanol–water partition coefficient (Wildman–Crippen LogP) is 2.88. The summed E-state index contributed by atoms with van der Waals surface area (Å²) in [4.78, 5) is 2.44. The van der Waals surface area contributed by atoms with E-state index in [1.54, 1.807) is 21.7 Å². The van der Waals surface area contributed by atoms with E-state index in [4.69, 9.17) is 0 Å². The van der Waals surface area contributed by atoms with Crippen LogP contribution in [0.3, 0.4) is 0 Å². The summed E-state index contributed by atoms with van der Waals surface area (Å²) < 4.78 is 27.7. The highest BCUT2D eigenvalue weighted by molar-refractivity contribution is 7.89. The molecule has 2 aromatic heterocycles. The second-order valence-electron chi connectivity index (χ2n) is 5.10. The number of hydrogen-bond donors (Lipinski definition) is 1. The van der Waals surface area contributed by atoms with Gasteiger partial charge in [0.25, 0.3) is 0 Å². The van der Waals surface area contributed by atoms with Crippen LogP contribution >= 0.6 is 22.7 Å². The summed E-state index contributed by atoms with van der Waals surface area (Å²) in [5, 5.41) is 6.89. The van der Waals surface area contributed by atoms with Gasteiger partial charge >= 0.3 is 0 Å². The van der Waals surface area contributed by atoms with Gasteiger partial charge in [0.15, 0.2) is 0 Å². The van der Waals surface area contributed by atoms with Crippen molar-refractivity contribution < 1.29 is 8.42 Å². The van der Waals surface area contributed by atoms with Crippen LogP contribution in [0, 0.1) is 0 Å². The molecule has 21 heavy (non-hydrogen) atoms. The first-order chi connectivity index (χ1) is 10.1. The van der Waals surface area contributed by atoms with Crippen molar-refractivity contribution in [2.75, 3.05) is 7.05 Å². The van der Waals surface area contributed by atoms with E-state index >= 15 is 0 Å². The van der Waals surface area contributed by atoms with Gasteiger partial charge in [0.2, 0.25) is 10.0 Å². The third-order valence-corrected chi connectivity index (χ3v) is 7.37. The van der Waals surface area contributed by atoms with Gasteiger partial charge < -0.3 is 5.32 Å². The molecule has 1 N–H and O–H groups in total. The van der Waals surface area contributed by atoms with Crippen LogP contribution in [-0.2, 0) is 23.1 Å². The maximum absolute atomic E-state index is 13.0. The van der Waals surface area contributed by atoms with Crippen LogP contribution in [0.25, 0.3) is 0 Å². The van der Waals surface area contributed by atoms with Gasteiger partial charge in [-0.05, 0) is 42.8 Å². The lowest BCUT2D eigenvalue weighted by Gasteiger charge is -2.21. The summed E-state index contributed by atoms with van der Waals surface area (Å²) in [6.45, 7) is 1.07. The molecule has 1 aliphatic rings. The summed E-state index contributed by atoms with van der Waals surface area (Å²) >= 11 is 3.10. The SMILES string of the molecule is CNCc1sccc1S(=O)(=O)N(Cc1cccs1)C1CC1. The summed E-state index contributed by atoms with van der Waals surface area (Å²) in [6, 6.07) is 5.86. The largest absolute Gasteiger partial charge is 0.315 e. The number of rotatable bonds is 7. The number of nitrogens with zero attached hydrogens (tertiary/aromatic N) is 1. The van der Waals surface area contributed by atoms with Crippen molar-refractivity contribution >= 4 is 32.7 Å². The van der Waals surface area contributed by atoms with Gasteiger partial charge in [-0.1, -0.05) is 6.07 Å². The second-order valence-corrected chi connectivity index (χ2v) is 8.99. The Bertz CT molecular complexity index is 688. The topological polar surface area (TPSA) is 49.4 Å². The number of nitrogens with one attached hydrogen (secondary N) is 1. The molecule has 4 nitrogen and oxygen atoms in total. The molecule has 0 atom stereocenters. The molecule has 0 radical (unpaired) electrons. The molecule has 0 bridgehead atoms. The van der Waals surface area contributed by atoms with Crippen molar-refractivity contribution in [1.82, 2.24) is 9.62 Å². The van der Waals surface area contributed by atoms with Crippen molar-refractivity contribution in [3.8, 4) is 0 Å². The van der Waals surface area contributed by atoms with E-state index in [2.05, 4.69) is 5.32 Å². The molecule has 1 saturated carbocycles. The quantitative estimate of drug-likeness (QED) is 0.842. The van der Waals surface area contributed by atoms with E-state index in [-0.39, 0.29) is 6.04 Å². The number of sulfonamides is 1. The van der Waals surface area contributed by atoms with Gasteiger partial charge in [-0.3, -0.25) is 0 Å². The molecule has 0 spiro atoms. The highest BCUT2D eigenvalue weighted by Gasteiger charge is 2.39. The molecule has 0 aliphatic heterocycles. The Morgan fingerprint density at radius 1 is 1.29 bits per heavy atom. The fourth-order valence-corrected chi connectivity index (χ4v) is 6.18. The summed E-state index contributed by atoms with van der Waals surface area (Å²) in [5.74, 6) is 0. The van der Waals surface area contributed by atoms with Crippen LogP contribution in [0.5, 0.6) is 0 Å². The van der Waals surface area contributed by atoms with Crippen LogP contribution in [0.15, 0.2) is 33.9 Å². The average molecular weight is 343 g/mol. The zero-order chi connectivity index (χ0) is 14.9. The summed E-state index contributed by atoms with van der Waals surface area (Å²) in [6.07, 6.45) is 1.94. The van der Waals surface area contributed by atoms with Gasteiger partial charge in [-0.15, -0.1) is 22.7 Å². The third kappa shape index (κ3) is 3.22. The van der Waals surface area contributed by atoms with E-state index in [0.717, 1.165) is 22.6 Å². The van der Waals surface area contributed by atoms with Crippen LogP contribution in [0.1, 0.15) is 22.6 Å². The molecule has 114 valence electrons. The lowest BCUT2D eigenvalue weighted by Crippen LogP contribution is -2.32. The van der Waals surface area contributed by atoms with Crippen LogP contribution in [-0.4, -0.2) is 25.8 Å². The Labute approximate surface area is 133 Å². The molecular weight excluding hydrogens is 324 g/mol. The Morgan fingerprint density at radius 2 is 2.10 bits per heavy atom. The highest BCUT2D eigenvalue weighted by Crippen LogP contribution is 2.36. The van der Waals surface area contributed by atoms with Crippen LogP contribution in [0.4, 0.5) is 0 Å². The van der Waals surface area contributed by atoms with Gasteiger partial charge in [-0.25, -0.2) is 8.42 Å². The van der Waals surface area contributed by atoms with E-state index in [9.17, 15) is 8.42 Å². The van der Waals surface area contributed by atoms with Crippen LogP contribution < -0.4 is 5.32 Å². The first-order valence-electron chi connectivity index (χ1n) is 6.88. The number of hydrogen-bond acceptors (Lipinski definition) is 5. The summed E-state index contributed by atoms with van der Waals surface area (Å²) in [7, 11) is -1.58. The standard InChI is InChI=1S/C14H18N2O2S3/c1-15-9-13-14(6-8-20-13)21(17,18)16(11-4-5-11)10-12-3-2-7-19-12/h2-3,6-8,11,15H,4-5,9-10H2,1H3. The molecular formula is C14H18N2O2S3. The fraction of sp³-hybridized carbons (Fsp3) is 0.429. The molecule has 2 aromatic rings. The Balaban J connectivity index is 1.91. The number of thiophene rings is 2. The minimum Gasteiger partial charge on any atom is -0.315 e. The van der Waals surface area contributed by atoms with Crippen molar-refractivity contribution in [2.24, 2.45) is 0 Å². The first-order valence-corrected chi connectivity index (χ1v) is 10.1. The molecule has 3 rings (SSSR count). The Morgan fingerprint density at radius 3 is 2.71 bits per heavy atom. The van der Waals surface area contributed by atoms with E-state index in [1.165, 1.54) is 11.3 Å². The van der Waals surface area contributed by atoms with Crippen molar-refractivity contribution in [1.29, 1.82) is 0 Å². The van der Waals surface area contributed by atoms with E-state index < -0.39 is 10.0 Å². The van der Waals surface area contributed by atoms with Gasteiger partial charge in [-0.2, -0.15) is 4.31 Å². The minimum absolute atomic E-state index is 0.166. The maximum atomic E-state index is 13.0. The lowest BCUT2D eigenvalue weighted by atomic mass is 10.4. The lowest BCUT2D eigenvalue weighted by molar-refractivity contribution is 0.401.